The van der Waals surface area contributed by atoms with Gasteiger partial charge in [-0.2, -0.15) is 5.10 Å². The van der Waals surface area contributed by atoms with E-state index >= 15 is 0 Å². The fourth-order valence-corrected chi connectivity index (χ4v) is 3.44. The molecule has 0 aliphatic heterocycles. The topological polar surface area (TPSA) is 87.6 Å². The average Bonchev–Trinajstić information content (AvgIpc) is 3.33. The van der Waals surface area contributed by atoms with Crippen LogP contribution in [-0.4, -0.2) is 33.9 Å². The van der Waals surface area contributed by atoms with Crippen molar-refractivity contribution in [3.05, 3.63) is 77.0 Å². The first-order valence-electron chi connectivity index (χ1n) is 10.2. The lowest BCUT2D eigenvalue weighted by Gasteiger charge is -2.24. The van der Waals surface area contributed by atoms with Crippen LogP contribution < -0.4 is 10.6 Å². The molecule has 2 heterocycles. The highest BCUT2D eigenvalue weighted by Crippen LogP contribution is 2.26. The number of halogens is 1. The van der Waals surface area contributed by atoms with Crippen LogP contribution in [0.4, 0.5) is 0 Å². The molecule has 0 spiro atoms. The summed E-state index contributed by atoms with van der Waals surface area (Å²) in [6.45, 7) is 9.86. The number of aryl methyl sites for hydroxylation is 2. The predicted molar refractivity (Wildman–Crippen MR) is 134 cm³/mol. The molecule has 3 aromatic rings. The highest BCUT2D eigenvalue weighted by atomic mass is 127. The van der Waals surface area contributed by atoms with Crippen LogP contribution in [0.25, 0.3) is 0 Å². The quantitative estimate of drug-likeness (QED) is 0.232. The monoisotopic (exact) mass is 537 g/mol. The minimum atomic E-state index is -1.07. The van der Waals surface area contributed by atoms with Gasteiger partial charge in [0.05, 0.1) is 19.6 Å². The fraction of sp³-hybridized carbons (Fsp3) is 0.391. The first-order valence-corrected chi connectivity index (χ1v) is 10.2. The van der Waals surface area contributed by atoms with E-state index in [1.54, 1.807) is 13.1 Å². The van der Waals surface area contributed by atoms with Gasteiger partial charge in [0.25, 0.3) is 0 Å². The molecule has 1 unspecified atom stereocenters. The van der Waals surface area contributed by atoms with E-state index in [1.165, 1.54) is 5.56 Å². The number of aromatic nitrogens is 2. The van der Waals surface area contributed by atoms with Crippen molar-refractivity contribution in [2.24, 2.45) is 4.99 Å². The molecular formula is C23H32IN5O2. The van der Waals surface area contributed by atoms with E-state index in [4.69, 9.17) is 4.42 Å². The predicted octanol–water partition coefficient (Wildman–Crippen LogP) is 3.72. The van der Waals surface area contributed by atoms with Gasteiger partial charge in [-0.25, -0.2) is 4.99 Å². The van der Waals surface area contributed by atoms with Gasteiger partial charge in [0.2, 0.25) is 0 Å². The van der Waals surface area contributed by atoms with Gasteiger partial charge in [0.1, 0.15) is 17.1 Å². The van der Waals surface area contributed by atoms with Gasteiger partial charge >= 0.3 is 0 Å². The highest BCUT2D eigenvalue weighted by molar-refractivity contribution is 14.0. The van der Waals surface area contributed by atoms with Crippen LogP contribution in [-0.2, 0) is 18.7 Å². The van der Waals surface area contributed by atoms with E-state index in [9.17, 15) is 5.11 Å². The Hall–Kier alpha value is -2.33. The second-order valence-electron chi connectivity index (χ2n) is 7.67. The molecule has 1 aromatic carbocycles. The Kier molecular flexibility index (Phi) is 9.12. The molecule has 2 aromatic heterocycles. The van der Waals surface area contributed by atoms with Gasteiger partial charge < -0.3 is 20.2 Å². The third-order valence-electron chi connectivity index (χ3n) is 4.88. The molecule has 0 aliphatic rings. The van der Waals surface area contributed by atoms with E-state index in [2.05, 4.69) is 38.9 Å². The third-order valence-corrected chi connectivity index (χ3v) is 4.88. The van der Waals surface area contributed by atoms with Crippen LogP contribution in [0, 0.1) is 13.8 Å². The minimum Gasteiger partial charge on any atom is -0.466 e. The van der Waals surface area contributed by atoms with E-state index in [-0.39, 0.29) is 24.0 Å². The van der Waals surface area contributed by atoms with E-state index in [1.807, 2.05) is 49.8 Å². The number of hydrogen-bond acceptors (Lipinski definition) is 4. The first-order chi connectivity index (χ1) is 14.4. The maximum absolute atomic E-state index is 10.9. The Morgan fingerprint density at radius 2 is 1.97 bits per heavy atom. The third kappa shape index (κ3) is 7.10. The first kappa shape index (κ1) is 24.9. The van der Waals surface area contributed by atoms with Crippen LogP contribution in [0.1, 0.15) is 42.1 Å². The number of benzene rings is 1. The molecule has 1 atom stereocenters. The van der Waals surface area contributed by atoms with Crippen molar-refractivity contribution in [1.29, 1.82) is 0 Å². The zero-order valence-corrected chi connectivity index (χ0v) is 20.9. The summed E-state index contributed by atoms with van der Waals surface area (Å²) in [5, 5.41) is 21.7. The molecule has 0 fully saturated rings. The number of hydrogen-bond donors (Lipinski definition) is 3. The van der Waals surface area contributed by atoms with Crippen molar-refractivity contribution in [3.8, 4) is 0 Å². The van der Waals surface area contributed by atoms with E-state index in [0.29, 0.717) is 19.0 Å². The summed E-state index contributed by atoms with van der Waals surface area (Å²) in [5.41, 5.74) is 2.01. The Morgan fingerprint density at radius 3 is 2.61 bits per heavy atom. The normalized spacial score (nSPS) is 13.4. The number of furan rings is 1. The lowest BCUT2D eigenvalue weighted by atomic mass is 9.96. The second-order valence-corrected chi connectivity index (χ2v) is 7.67. The van der Waals surface area contributed by atoms with Crippen LogP contribution in [0.3, 0.4) is 0 Å². The van der Waals surface area contributed by atoms with Crippen molar-refractivity contribution >= 4 is 29.9 Å². The molecule has 31 heavy (non-hydrogen) atoms. The average molecular weight is 537 g/mol. The number of aliphatic hydroxyl groups is 1. The van der Waals surface area contributed by atoms with Crippen molar-refractivity contribution in [3.63, 3.8) is 0 Å². The van der Waals surface area contributed by atoms with Crippen molar-refractivity contribution in [2.45, 2.75) is 46.4 Å². The number of rotatable bonds is 8. The number of guanidine groups is 1. The lowest BCUT2D eigenvalue weighted by Crippen LogP contribution is -2.44. The largest absolute Gasteiger partial charge is 0.466 e. The molecule has 0 saturated carbocycles. The highest BCUT2D eigenvalue weighted by Gasteiger charge is 2.27. The van der Waals surface area contributed by atoms with Crippen LogP contribution in [0.15, 0.2) is 58.2 Å². The summed E-state index contributed by atoms with van der Waals surface area (Å²) in [7, 11) is 0. The van der Waals surface area contributed by atoms with Crippen LogP contribution in [0.2, 0.25) is 0 Å². The Labute approximate surface area is 201 Å². The Balaban J connectivity index is 0.00000341. The summed E-state index contributed by atoms with van der Waals surface area (Å²) in [6.07, 6.45) is 3.73. The number of nitrogens with zero attached hydrogens (tertiary/aromatic N) is 3. The number of nitrogens with one attached hydrogen (secondary N) is 2. The van der Waals surface area contributed by atoms with E-state index in [0.717, 1.165) is 35.7 Å². The van der Waals surface area contributed by atoms with E-state index < -0.39 is 5.60 Å². The maximum atomic E-state index is 10.9. The van der Waals surface area contributed by atoms with Gasteiger partial charge in [-0.1, -0.05) is 24.3 Å². The summed E-state index contributed by atoms with van der Waals surface area (Å²) in [5.74, 6) is 2.18. The summed E-state index contributed by atoms with van der Waals surface area (Å²) >= 11 is 0. The molecule has 0 radical (unpaired) electrons. The number of aliphatic imine (C=N–C) groups is 1. The summed E-state index contributed by atoms with van der Waals surface area (Å²) in [6, 6.07) is 12.1. The molecule has 0 saturated heterocycles. The molecule has 0 amide bonds. The Bertz CT molecular complexity index is 980. The van der Waals surface area contributed by atoms with Gasteiger partial charge in [0, 0.05) is 24.5 Å². The SMILES string of the molecule is CCNC(=NCc1cccc(Cn2cccn2)c1)NCC(C)(O)c1cc(C)oc1C.I. The fourth-order valence-electron chi connectivity index (χ4n) is 3.44. The smallest absolute Gasteiger partial charge is 0.191 e. The molecule has 3 N–H and O–H groups in total. The molecule has 0 bridgehead atoms. The van der Waals surface area contributed by atoms with Gasteiger partial charge in [-0.05, 0) is 51.0 Å². The van der Waals surface area contributed by atoms with Gasteiger partial charge in [-0.3, -0.25) is 4.68 Å². The molecule has 7 nitrogen and oxygen atoms in total. The molecule has 0 aliphatic carbocycles. The van der Waals surface area contributed by atoms with Crippen molar-refractivity contribution in [2.75, 3.05) is 13.1 Å². The molecular weight excluding hydrogens is 505 g/mol. The van der Waals surface area contributed by atoms with Crippen LogP contribution in [0.5, 0.6) is 0 Å². The zero-order chi connectivity index (χ0) is 21.6. The lowest BCUT2D eigenvalue weighted by molar-refractivity contribution is 0.0601. The van der Waals surface area contributed by atoms with Gasteiger partial charge in [0.15, 0.2) is 5.96 Å². The minimum absolute atomic E-state index is 0. The molecule has 168 valence electrons. The summed E-state index contributed by atoms with van der Waals surface area (Å²) in [4.78, 5) is 4.68. The molecule has 8 heteroatoms. The van der Waals surface area contributed by atoms with Gasteiger partial charge in [-0.15, -0.1) is 24.0 Å². The maximum Gasteiger partial charge on any atom is 0.191 e. The second kappa shape index (κ2) is 11.3. The van der Waals surface area contributed by atoms with Crippen LogP contribution >= 0.6 is 24.0 Å². The molecule has 3 rings (SSSR count). The Morgan fingerprint density at radius 1 is 1.19 bits per heavy atom. The standard InChI is InChI=1S/C23H31N5O2.HI/c1-5-24-22(26-16-23(4,29)21-12-17(2)30-18(21)3)25-14-19-8-6-9-20(13-19)15-28-11-7-10-27-28;/h6-13,29H,5,14-16H2,1-4H3,(H2,24,25,26);1H. The van der Waals surface area contributed by atoms with Crippen molar-refractivity contribution in [1.82, 2.24) is 20.4 Å². The zero-order valence-electron chi connectivity index (χ0n) is 18.6. The van der Waals surface area contributed by atoms with Crippen molar-refractivity contribution < 1.29 is 9.52 Å². The summed E-state index contributed by atoms with van der Waals surface area (Å²) < 4.78 is 7.47.